The van der Waals surface area contributed by atoms with Crippen molar-refractivity contribution in [2.45, 2.75) is 44.4 Å². The lowest BCUT2D eigenvalue weighted by Gasteiger charge is -2.27. The van der Waals surface area contributed by atoms with Crippen LogP contribution in [0.25, 0.3) is 22.6 Å². The molecule has 1 aliphatic heterocycles. The van der Waals surface area contributed by atoms with Crippen LogP contribution in [0.3, 0.4) is 0 Å². The number of rotatable bonds is 2. The second kappa shape index (κ2) is 6.05. The smallest absolute Gasteiger partial charge is 0.292 e. The summed E-state index contributed by atoms with van der Waals surface area (Å²) in [5, 5.41) is 4.61. The Morgan fingerprint density at radius 2 is 2.00 bits per heavy atom. The van der Waals surface area contributed by atoms with Gasteiger partial charge in [0.15, 0.2) is 0 Å². The molecule has 28 heavy (non-hydrogen) atoms. The largest absolute Gasteiger partial charge is 0.416 e. The number of aromatic nitrogens is 4. The Balaban J connectivity index is 1.63. The highest BCUT2D eigenvalue weighted by atomic mass is 19.4. The standard InChI is InChI=1S/C20H17F3N4O/c21-20(22,23)13-4-5-16-17(11-13)25-18-12(7-9-26(18)19(16)28)10-15-6-8-24-27(15)14-2-1-3-14/h4-6,8,10-11,14H,1-3,7,9H2/b12-10+. The predicted octanol–water partition coefficient (Wildman–Crippen LogP) is 4.28. The predicted molar refractivity (Wildman–Crippen MR) is 98.6 cm³/mol. The van der Waals surface area contributed by atoms with Crippen LogP contribution in [-0.2, 0) is 12.7 Å². The zero-order valence-electron chi connectivity index (χ0n) is 14.9. The first-order chi connectivity index (χ1) is 13.4. The normalized spacial score (nSPS) is 18.6. The molecule has 0 bridgehead atoms. The second-order valence-corrected chi connectivity index (χ2v) is 7.33. The molecule has 0 amide bonds. The van der Waals surface area contributed by atoms with Gasteiger partial charge in [-0.05, 0) is 61.6 Å². The van der Waals surface area contributed by atoms with Crippen molar-refractivity contribution < 1.29 is 13.2 Å². The van der Waals surface area contributed by atoms with Gasteiger partial charge < -0.3 is 0 Å². The van der Waals surface area contributed by atoms with E-state index in [1.807, 2.05) is 16.8 Å². The summed E-state index contributed by atoms with van der Waals surface area (Å²) in [5.41, 5.74) is 0.753. The molecule has 1 aliphatic carbocycles. The number of hydrogen-bond acceptors (Lipinski definition) is 3. The van der Waals surface area contributed by atoms with E-state index >= 15 is 0 Å². The van der Waals surface area contributed by atoms with Crippen LogP contribution in [-0.4, -0.2) is 19.3 Å². The van der Waals surface area contributed by atoms with E-state index in [0.29, 0.717) is 24.8 Å². The van der Waals surface area contributed by atoms with Crippen LogP contribution in [0.1, 0.15) is 48.8 Å². The van der Waals surface area contributed by atoms with Gasteiger partial charge in [0.25, 0.3) is 5.56 Å². The molecule has 0 unspecified atom stereocenters. The fourth-order valence-corrected chi connectivity index (χ4v) is 3.88. The summed E-state index contributed by atoms with van der Waals surface area (Å²) in [7, 11) is 0. The van der Waals surface area contributed by atoms with Crippen molar-refractivity contribution in [3.8, 4) is 0 Å². The summed E-state index contributed by atoms with van der Waals surface area (Å²) in [6.07, 6.45) is 3.22. The maximum atomic E-state index is 13.0. The van der Waals surface area contributed by atoms with Gasteiger partial charge in [-0.15, -0.1) is 0 Å². The Morgan fingerprint density at radius 1 is 1.18 bits per heavy atom. The van der Waals surface area contributed by atoms with Gasteiger partial charge in [0.05, 0.1) is 28.2 Å². The molecule has 5 rings (SSSR count). The van der Waals surface area contributed by atoms with Crippen molar-refractivity contribution in [2.75, 3.05) is 0 Å². The van der Waals surface area contributed by atoms with Crippen LogP contribution >= 0.6 is 0 Å². The Kier molecular flexibility index (Phi) is 3.72. The summed E-state index contributed by atoms with van der Waals surface area (Å²) in [6.45, 7) is 0.474. The number of alkyl halides is 3. The molecule has 144 valence electrons. The van der Waals surface area contributed by atoms with E-state index in [-0.39, 0.29) is 16.5 Å². The highest BCUT2D eigenvalue weighted by molar-refractivity contribution is 5.84. The van der Waals surface area contributed by atoms with Crippen LogP contribution in [0.4, 0.5) is 13.2 Å². The van der Waals surface area contributed by atoms with E-state index < -0.39 is 11.7 Å². The average Bonchev–Trinajstić information content (AvgIpc) is 3.21. The van der Waals surface area contributed by atoms with Crippen LogP contribution in [0, 0.1) is 0 Å². The van der Waals surface area contributed by atoms with Gasteiger partial charge in [0.1, 0.15) is 5.82 Å². The molecule has 0 N–H and O–H groups in total. The van der Waals surface area contributed by atoms with E-state index in [0.717, 1.165) is 36.2 Å². The molecule has 0 atom stereocenters. The highest BCUT2D eigenvalue weighted by Crippen LogP contribution is 2.34. The zero-order valence-corrected chi connectivity index (χ0v) is 14.9. The van der Waals surface area contributed by atoms with Gasteiger partial charge >= 0.3 is 6.18 Å². The third kappa shape index (κ3) is 2.66. The third-order valence-corrected chi connectivity index (χ3v) is 5.62. The molecule has 0 saturated heterocycles. The average molecular weight is 386 g/mol. The van der Waals surface area contributed by atoms with E-state index in [2.05, 4.69) is 10.1 Å². The van der Waals surface area contributed by atoms with E-state index in [4.69, 9.17) is 0 Å². The van der Waals surface area contributed by atoms with Crippen molar-refractivity contribution in [3.05, 3.63) is 57.9 Å². The second-order valence-electron chi connectivity index (χ2n) is 7.33. The molecule has 2 aromatic heterocycles. The minimum absolute atomic E-state index is 0.0753. The molecular weight excluding hydrogens is 369 g/mol. The van der Waals surface area contributed by atoms with Crippen LogP contribution in [0.5, 0.6) is 0 Å². The number of nitrogens with zero attached hydrogens (tertiary/aromatic N) is 4. The first-order valence-electron chi connectivity index (χ1n) is 9.28. The minimum atomic E-state index is -4.47. The number of halogens is 3. The SMILES string of the molecule is O=c1c2ccc(C(F)(F)F)cc2nc2n1CC/C2=C\c1ccnn1C1CCC1. The van der Waals surface area contributed by atoms with Crippen molar-refractivity contribution in [1.29, 1.82) is 0 Å². The van der Waals surface area contributed by atoms with Gasteiger partial charge in [0, 0.05) is 12.7 Å². The quantitative estimate of drug-likeness (QED) is 0.661. The lowest BCUT2D eigenvalue weighted by molar-refractivity contribution is -0.137. The monoisotopic (exact) mass is 386 g/mol. The first-order valence-corrected chi connectivity index (χ1v) is 9.28. The van der Waals surface area contributed by atoms with E-state index in [1.165, 1.54) is 12.5 Å². The molecular formula is C20H17F3N4O. The summed E-state index contributed by atoms with van der Waals surface area (Å²) in [5.74, 6) is 0.443. The van der Waals surface area contributed by atoms with Gasteiger partial charge in [-0.1, -0.05) is 0 Å². The molecule has 0 spiro atoms. The number of hydrogen-bond donors (Lipinski definition) is 0. The van der Waals surface area contributed by atoms with Crippen LogP contribution in [0.2, 0.25) is 0 Å². The maximum Gasteiger partial charge on any atom is 0.416 e. The van der Waals surface area contributed by atoms with Crippen molar-refractivity contribution in [1.82, 2.24) is 19.3 Å². The molecule has 1 saturated carbocycles. The molecule has 3 aromatic rings. The molecule has 8 heteroatoms. The summed E-state index contributed by atoms with van der Waals surface area (Å²) in [4.78, 5) is 17.2. The van der Waals surface area contributed by atoms with Crippen molar-refractivity contribution >= 4 is 22.6 Å². The van der Waals surface area contributed by atoms with Crippen molar-refractivity contribution in [3.63, 3.8) is 0 Å². The molecule has 1 aromatic carbocycles. The van der Waals surface area contributed by atoms with Crippen LogP contribution < -0.4 is 5.56 Å². The van der Waals surface area contributed by atoms with Gasteiger partial charge in [-0.3, -0.25) is 14.0 Å². The summed E-state index contributed by atoms with van der Waals surface area (Å²) < 4.78 is 42.7. The number of fused-ring (bicyclic) bond motifs is 2. The summed E-state index contributed by atoms with van der Waals surface area (Å²) in [6, 6.07) is 5.40. The van der Waals surface area contributed by atoms with Crippen molar-refractivity contribution in [2.24, 2.45) is 0 Å². The van der Waals surface area contributed by atoms with Crippen LogP contribution in [0.15, 0.2) is 35.3 Å². The first kappa shape index (κ1) is 17.2. The fourth-order valence-electron chi connectivity index (χ4n) is 3.88. The lowest BCUT2D eigenvalue weighted by Crippen LogP contribution is -2.21. The highest BCUT2D eigenvalue weighted by Gasteiger charge is 2.31. The Labute approximate surface area is 158 Å². The number of allylic oxidation sites excluding steroid dienone is 1. The molecule has 2 aliphatic rings. The lowest BCUT2D eigenvalue weighted by atomic mass is 9.93. The fraction of sp³-hybridized carbons (Fsp3) is 0.350. The van der Waals surface area contributed by atoms with Gasteiger partial charge in [-0.25, -0.2) is 4.98 Å². The maximum absolute atomic E-state index is 13.0. The van der Waals surface area contributed by atoms with Gasteiger partial charge in [-0.2, -0.15) is 18.3 Å². The third-order valence-electron chi connectivity index (χ3n) is 5.62. The zero-order chi connectivity index (χ0) is 19.5. The van der Waals surface area contributed by atoms with E-state index in [1.54, 1.807) is 10.8 Å². The van der Waals surface area contributed by atoms with E-state index in [9.17, 15) is 18.0 Å². The Bertz CT molecular complexity index is 1170. The number of benzene rings is 1. The molecule has 5 nitrogen and oxygen atoms in total. The molecule has 1 fully saturated rings. The minimum Gasteiger partial charge on any atom is -0.292 e. The topological polar surface area (TPSA) is 52.7 Å². The summed E-state index contributed by atoms with van der Waals surface area (Å²) >= 11 is 0. The Hall–Kier alpha value is -2.90. The van der Waals surface area contributed by atoms with Gasteiger partial charge in [0.2, 0.25) is 0 Å². The molecule has 3 heterocycles. The molecule has 0 radical (unpaired) electrons. The Morgan fingerprint density at radius 3 is 2.71 bits per heavy atom.